The zero-order chi connectivity index (χ0) is 24.8. The van der Waals surface area contributed by atoms with E-state index in [1.165, 1.54) is 0 Å². The van der Waals surface area contributed by atoms with Crippen LogP contribution in [0.25, 0.3) is 0 Å². The second kappa shape index (κ2) is 7.17. The first-order valence-corrected chi connectivity index (χ1v) is 15.1. The maximum atomic E-state index is 14.6. The molecule has 0 radical (unpaired) electrons. The van der Waals surface area contributed by atoms with E-state index < -0.39 is 41.0 Å². The van der Waals surface area contributed by atoms with Crippen LogP contribution in [0.4, 0.5) is 0 Å². The Bertz CT molecular complexity index is 1590. The average molecular weight is 513 g/mol. The quantitative estimate of drug-likeness (QED) is 0.381. The van der Waals surface area contributed by atoms with Crippen molar-refractivity contribution in [2.45, 2.75) is 44.0 Å². The van der Waals surface area contributed by atoms with Gasteiger partial charge in [-0.3, -0.25) is 0 Å². The number of benzene rings is 4. The van der Waals surface area contributed by atoms with Gasteiger partial charge in [-0.05, 0) is 59.4 Å². The van der Waals surface area contributed by atoms with Crippen molar-refractivity contribution >= 4 is 19.7 Å². The summed E-state index contributed by atoms with van der Waals surface area (Å²) < 4.78 is 56.1. The van der Waals surface area contributed by atoms with Crippen LogP contribution in [-0.2, 0) is 32.5 Å². The van der Waals surface area contributed by atoms with E-state index >= 15 is 0 Å². The predicted octanol–water partition coefficient (Wildman–Crippen LogP) is 5.11. The van der Waals surface area contributed by atoms with Crippen molar-refractivity contribution in [3.63, 3.8) is 0 Å². The molecule has 0 amide bonds. The summed E-state index contributed by atoms with van der Waals surface area (Å²) in [5.74, 6) is -1.34. The van der Waals surface area contributed by atoms with Crippen LogP contribution in [0.2, 0.25) is 0 Å². The highest BCUT2D eigenvalue weighted by Gasteiger charge is 2.84. The zero-order valence-electron chi connectivity index (χ0n) is 19.4. The Morgan fingerprint density at radius 1 is 0.472 bits per heavy atom. The molecule has 0 unspecified atom stereocenters. The van der Waals surface area contributed by atoms with Gasteiger partial charge in [0.25, 0.3) is 0 Å². The third-order valence-corrected chi connectivity index (χ3v) is 13.7. The molecule has 6 heteroatoms. The zero-order valence-corrected chi connectivity index (χ0v) is 21.0. The van der Waals surface area contributed by atoms with Crippen LogP contribution in [-0.4, -0.2) is 26.3 Å². The van der Waals surface area contributed by atoms with Crippen molar-refractivity contribution in [2.24, 2.45) is 0 Å². The van der Waals surface area contributed by atoms with Crippen LogP contribution < -0.4 is 0 Å². The van der Waals surface area contributed by atoms with Gasteiger partial charge in [-0.25, -0.2) is 16.8 Å². The highest BCUT2D eigenvalue weighted by molar-refractivity contribution is 7.95. The molecule has 3 aliphatic carbocycles. The fourth-order valence-electron chi connectivity index (χ4n) is 7.52. The minimum atomic E-state index is -3.91. The van der Waals surface area contributed by atoms with E-state index in [1.54, 1.807) is 60.7 Å². The van der Waals surface area contributed by atoms with Crippen LogP contribution in [0.15, 0.2) is 119 Å². The first-order valence-electron chi connectivity index (χ1n) is 12.1. The molecule has 0 aliphatic heterocycles. The van der Waals surface area contributed by atoms with Gasteiger partial charge >= 0.3 is 0 Å². The second-order valence-corrected chi connectivity index (χ2v) is 14.6. The molecule has 0 heterocycles. The molecule has 180 valence electrons. The Labute approximate surface area is 211 Å². The lowest BCUT2D eigenvalue weighted by Gasteiger charge is -2.62. The molecule has 7 rings (SSSR count). The minimum Gasteiger partial charge on any atom is -0.223 e. The third kappa shape index (κ3) is 2.39. The fourth-order valence-corrected chi connectivity index (χ4v) is 12.9. The normalized spacial score (nSPS) is 27.9. The highest BCUT2D eigenvalue weighted by Crippen LogP contribution is 2.77. The molecule has 4 aromatic carbocycles. The van der Waals surface area contributed by atoms with Gasteiger partial charge in [0, 0.05) is 11.8 Å². The molecule has 4 nitrogen and oxygen atoms in total. The van der Waals surface area contributed by atoms with Crippen molar-refractivity contribution in [1.29, 1.82) is 0 Å². The molecule has 0 N–H and O–H groups in total. The van der Waals surface area contributed by atoms with E-state index in [1.807, 2.05) is 48.5 Å². The van der Waals surface area contributed by atoms with Gasteiger partial charge in [-0.2, -0.15) is 0 Å². The smallest absolute Gasteiger partial charge is 0.185 e. The maximum absolute atomic E-state index is 14.6. The van der Waals surface area contributed by atoms with Gasteiger partial charge in [-0.15, -0.1) is 0 Å². The Morgan fingerprint density at radius 3 is 1.19 bits per heavy atom. The second-order valence-electron chi connectivity index (χ2n) is 10.2. The van der Waals surface area contributed by atoms with Crippen molar-refractivity contribution in [3.05, 3.63) is 131 Å². The van der Waals surface area contributed by atoms with Crippen LogP contribution in [0.1, 0.15) is 34.1 Å². The maximum Gasteiger partial charge on any atom is 0.185 e. The van der Waals surface area contributed by atoms with Crippen LogP contribution in [0.3, 0.4) is 0 Å². The monoisotopic (exact) mass is 512 g/mol. The van der Waals surface area contributed by atoms with E-state index in [-0.39, 0.29) is 9.79 Å². The molecule has 0 aromatic heterocycles. The summed E-state index contributed by atoms with van der Waals surface area (Å²) >= 11 is 0. The number of fused-ring (bicyclic) bond motifs is 8. The molecular weight excluding hydrogens is 488 g/mol. The number of hydrogen-bond donors (Lipinski definition) is 0. The summed E-state index contributed by atoms with van der Waals surface area (Å²) in [6.07, 6.45) is 0.603. The number of rotatable bonds is 4. The molecule has 0 spiro atoms. The van der Waals surface area contributed by atoms with Gasteiger partial charge in [-0.1, -0.05) is 84.9 Å². The van der Waals surface area contributed by atoms with Crippen molar-refractivity contribution < 1.29 is 16.8 Å². The van der Waals surface area contributed by atoms with Crippen LogP contribution >= 0.6 is 0 Å². The summed E-state index contributed by atoms with van der Waals surface area (Å²) in [6, 6.07) is 32.5. The lowest BCUT2D eigenvalue weighted by Crippen LogP contribution is -2.73. The van der Waals surface area contributed by atoms with Crippen molar-refractivity contribution in [3.8, 4) is 0 Å². The molecule has 4 aromatic rings. The Kier molecular flexibility index (Phi) is 4.39. The van der Waals surface area contributed by atoms with E-state index in [9.17, 15) is 16.8 Å². The van der Waals surface area contributed by atoms with Crippen molar-refractivity contribution in [1.82, 2.24) is 0 Å². The molecule has 0 atom stereocenters. The largest absolute Gasteiger partial charge is 0.223 e. The van der Waals surface area contributed by atoms with Crippen molar-refractivity contribution in [2.75, 3.05) is 0 Å². The van der Waals surface area contributed by atoms with Crippen LogP contribution in [0.5, 0.6) is 0 Å². The molecule has 36 heavy (non-hydrogen) atoms. The van der Waals surface area contributed by atoms with E-state index in [0.29, 0.717) is 12.8 Å². The van der Waals surface area contributed by atoms with E-state index in [4.69, 9.17) is 0 Å². The van der Waals surface area contributed by atoms with Gasteiger partial charge in [0.15, 0.2) is 19.7 Å². The minimum absolute atomic E-state index is 0.248. The van der Waals surface area contributed by atoms with Gasteiger partial charge < -0.3 is 0 Å². The highest BCUT2D eigenvalue weighted by atomic mass is 32.2. The molecule has 3 aliphatic rings. The summed E-state index contributed by atoms with van der Waals surface area (Å²) in [5, 5.41) is 0. The molecule has 0 bridgehead atoms. The Balaban J connectivity index is 1.58. The van der Waals surface area contributed by atoms with Gasteiger partial charge in [0.1, 0.15) is 0 Å². The fraction of sp³-hybridized carbons (Fsp3) is 0.200. The summed E-state index contributed by atoms with van der Waals surface area (Å²) in [4.78, 5) is 0.496. The Hall–Kier alpha value is -3.22. The molecule has 1 saturated carbocycles. The topological polar surface area (TPSA) is 68.3 Å². The first kappa shape index (κ1) is 22.0. The third-order valence-electron chi connectivity index (χ3n) is 8.73. The summed E-state index contributed by atoms with van der Waals surface area (Å²) in [7, 11) is -7.82. The first-order chi connectivity index (χ1) is 17.4. The molecular formula is C30H24O4S2. The van der Waals surface area contributed by atoms with Gasteiger partial charge in [0.05, 0.1) is 19.3 Å². The summed E-state index contributed by atoms with van der Waals surface area (Å²) in [6.45, 7) is 0. The lowest BCUT2D eigenvalue weighted by atomic mass is 9.55. The van der Waals surface area contributed by atoms with Crippen LogP contribution in [0, 0.1) is 0 Å². The van der Waals surface area contributed by atoms with E-state index in [2.05, 4.69) is 0 Å². The Morgan fingerprint density at radius 2 is 0.806 bits per heavy atom. The average Bonchev–Trinajstić information content (AvgIpc) is 3.38. The SMILES string of the molecule is O=S(=O)(c1ccccc1)C12Cc3ccccc3C1C1(S(=O)(=O)c3ccccc3)Cc3ccccc3C21. The van der Waals surface area contributed by atoms with Gasteiger partial charge in [0.2, 0.25) is 0 Å². The molecule has 1 fully saturated rings. The molecule has 0 saturated heterocycles. The standard InChI is InChI=1S/C30H24O4S2/c31-35(32,23-13-3-1-4-14-23)29-19-21-11-7-9-17-25(21)27(29)30(36(33,34)24-15-5-2-6-16-24)20-22-12-8-10-18-26(22)28(29)30/h1-18,27-28H,19-20H2. The number of sulfone groups is 2. The number of hydrogen-bond acceptors (Lipinski definition) is 4. The summed E-state index contributed by atoms with van der Waals surface area (Å²) in [5.41, 5.74) is 3.55. The predicted molar refractivity (Wildman–Crippen MR) is 138 cm³/mol. The lowest BCUT2D eigenvalue weighted by molar-refractivity contribution is 0.174. The van der Waals surface area contributed by atoms with E-state index in [0.717, 1.165) is 22.3 Å².